The minimum absolute atomic E-state index is 0.0841. The van der Waals surface area contributed by atoms with Crippen LogP contribution in [-0.2, 0) is 17.9 Å². The normalized spacial score (nSPS) is 10.4. The minimum atomic E-state index is -0.107. The van der Waals surface area contributed by atoms with Crippen molar-refractivity contribution in [2.45, 2.75) is 13.2 Å². The molecule has 0 saturated heterocycles. The SMILES string of the molecule is COCc1ccccc1NCc1cccc(O)c1O. The quantitative estimate of drug-likeness (QED) is 0.722. The molecule has 4 nitrogen and oxygen atoms in total. The number of ether oxygens (including phenoxy) is 1. The molecule has 0 saturated carbocycles. The van der Waals surface area contributed by atoms with Crippen LogP contribution in [0.1, 0.15) is 11.1 Å². The minimum Gasteiger partial charge on any atom is -0.504 e. The molecular formula is C15H17NO3. The van der Waals surface area contributed by atoms with Crippen LogP contribution in [0.2, 0.25) is 0 Å². The molecule has 0 atom stereocenters. The van der Waals surface area contributed by atoms with Crippen molar-refractivity contribution in [3.8, 4) is 11.5 Å². The van der Waals surface area contributed by atoms with E-state index in [0.717, 1.165) is 11.3 Å². The largest absolute Gasteiger partial charge is 0.504 e. The second kappa shape index (κ2) is 6.11. The first kappa shape index (κ1) is 13.2. The van der Waals surface area contributed by atoms with E-state index in [1.807, 2.05) is 24.3 Å². The zero-order valence-electron chi connectivity index (χ0n) is 10.8. The Hall–Kier alpha value is -2.20. The zero-order valence-corrected chi connectivity index (χ0v) is 10.8. The van der Waals surface area contributed by atoms with E-state index in [1.54, 1.807) is 19.2 Å². The standard InChI is InChI=1S/C15H17NO3/c1-19-10-12-5-2-3-7-13(12)16-9-11-6-4-8-14(17)15(11)18/h2-8,16-18H,9-10H2,1H3. The number of hydrogen-bond acceptors (Lipinski definition) is 4. The van der Waals surface area contributed by atoms with Crippen LogP contribution in [0.25, 0.3) is 0 Å². The molecule has 0 spiro atoms. The third kappa shape index (κ3) is 3.17. The van der Waals surface area contributed by atoms with Gasteiger partial charge in [0.05, 0.1) is 6.61 Å². The van der Waals surface area contributed by atoms with E-state index in [0.29, 0.717) is 18.7 Å². The van der Waals surface area contributed by atoms with E-state index in [4.69, 9.17) is 4.74 Å². The molecule has 0 fully saturated rings. The molecule has 0 aromatic heterocycles. The molecule has 0 aliphatic carbocycles. The topological polar surface area (TPSA) is 61.7 Å². The van der Waals surface area contributed by atoms with Gasteiger partial charge in [-0.05, 0) is 12.1 Å². The van der Waals surface area contributed by atoms with Crippen LogP contribution in [0, 0.1) is 0 Å². The highest BCUT2D eigenvalue weighted by molar-refractivity contribution is 5.53. The summed E-state index contributed by atoms with van der Waals surface area (Å²) in [6, 6.07) is 12.7. The highest BCUT2D eigenvalue weighted by Crippen LogP contribution is 2.29. The number of anilines is 1. The number of para-hydroxylation sites is 2. The number of methoxy groups -OCH3 is 1. The summed E-state index contributed by atoms with van der Waals surface area (Å²) >= 11 is 0. The van der Waals surface area contributed by atoms with Crippen LogP contribution in [0.3, 0.4) is 0 Å². The van der Waals surface area contributed by atoms with E-state index in [2.05, 4.69) is 5.32 Å². The number of benzene rings is 2. The molecule has 2 aromatic rings. The molecule has 0 radical (unpaired) electrons. The lowest BCUT2D eigenvalue weighted by Crippen LogP contribution is -2.03. The maximum atomic E-state index is 9.73. The number of phenols is 2. The number of rotatable bonds is 5. The van der Waals surface area contributed by atoms with Gasteiger partial charge in [0.25, 0.3) is 0 Å². The zero-order chi connectivity index (χ0) is 13.7. The van der Waals surface area contributed by atoms with Gasteiger partial charge in [0.15, 0.2) is 11.5 Å². The Labute approximate surface area is 112 Å². The van der Waals surface area contributed by atoms with Gasteiger partial charge < -0.3 is 20.3 Å². The van der Waals surface area contributed by atoms with Crippen molar-refractivity contribution in [2.24, 2.45) is 0 Å². The average molecular weight is 259 g/mol. The van der Waals surface area contributed by atoms with Gasteiger partial charge in [0, 0.05) is 30.5 Å². The lowest BCUT2D eigenvalue weighted by molar-refractivity contribution is 0.185. The molecule has 2 rings (SSSR count). The van der Waals surface area contributed by atoms with Gasteiger partial charge in [-0.15, -0.1) is 0 Å². The molecule has 0 aliphatic heterocycles. The summed E-state index contributed by atoms with van der Waals surface area (Å²) in [6.07, 6.45) is 0. The van der Waals surface area contributed by atoms with Crippen molar-refractivity contribution in [1.29, 1.82) is 0 Å². The summed E-state index contributed by atoms with van der Waals surface area (Å²) < 4.78 is 5.13. The lowest BCUT2D eigenvalue weighted by atomic mass is 10.1. The maximum absolute atomic E-state index is 9.73. The lowest BCUT2D eigenvalue weighted by Gasteiger charge is -2.12. The van der Waals surface area contributed by atoms with Crippen LogP contribution < -0.4 is 5.32 Å². The van der Waals surface area contributed by atoms with Crippen molar-refractivity contribution in [3.05, 3.63) is 53.6 Å². The molecule has 0 unspecified atom stereocenters. The summed E-state index contributed by atoms with van der Waals surface area (Å²) in [5.41, 5.74) is 2.64. The molecule has 3 N–H and O–H groups in total. The fraction of sp³-hybridized carbons (Fsp3) is 0.200. The van der Waals surface area contributed by atoms with Crippen LogP contribution >= 0.6 is 0 Å². The van der Waals surface area contributed by atoms with Gasteiger partial charge in [0.1, 0.15) is 0 Å². The van der Waals surface area contributed by atoms with E-state index < -0.39 is 0 Å². The van der Waals surface area contributed by atoms with Crippen molar-refractivity contribution < 1.29 is 14.9 Å². The Morgan fingerprint density at radius 3 is 2.53 bits per heavy atom. The van der Waals surface area contributed by atoms with Crippen molar-refractivity contribution in [3.63, 3.8) is 0 Å². The van der Waals surface area contributed by atoms with Gasteiger partial charge in [-0.1, -0.05) is 30.3 Å². The molecule has 100 valence electrons. The molecule has 0 bridgehead atoms. The third-order valence-corrected chi connectivity index (χ3v) is 2.88. The molecule has 2 aromatic carbocycles. The molecule has 4 heteroatoms. The molecular weight excluding hydrogens is 242 g/mol. The predicted octanol–water partition coefficient (Wildman–Crippen LogP) is 2.86. The van der Waals surface area contributed by atoms with Gasteiger partial charge in [0.2, 0.25) is 0 Å². The van der Waals surface area contributed by atoms with Crippen molar-refractivity contribution in [2.75, 3.05) is 12.4 Å². The fourth-order valence-corrected chi connectivity index (χ4v) is 1.89. The summed E-state index contributed by atoms with van der Waals surface area (Å²) in [5, 5.41) is 22.4. The number of hydrogen-bond donors (Lipinski definition) is 3. The molecule has 0 amide bonds. The fourth-order valence-electron chi connectivity index (χ4n) is 1.89. The first-order valence-electron chi connectivity index (χ1n) is 6.03. The Bertz CT molecular complexity index is 555. The first-order chi connectivity index (χ1) is 9.22. The predicted molar refractivity (Wildman–Crippen MR) is 74.3 cm³/mol. The van der Waals surface area contributed by atoms with E-state index >= 15 is 0 Å². The highest BCUT2D eigenvalue weighted by atomic mass is 16.5. The third-order valence-electron chi connectivity index (χ3n) is 2.88. The first-order valence-corrected chi connectivity index (χ1v) is 6.03. The van der Waals surface area contributed by atoms with E-state index in [9.17, 15) is 10.2 Å². The number of aromatic hydroxyl groups is 2. The molecule has 19 heavy (non-hydrogen) atoms. The van der Waals surface area contributed by atoms with E-state index in [1.165, 1.54) is 6.07 Å². The summed E-state index contributed by atoms with van der Waals surface area (Å²) in [6.45, 7) is 0.955. The second-order valence-corrected chi connectivity index (χ2v) is 4.23. The Morgan fingerprint density at radius 1 is 1.00 bits per heavy atom. The van der Waals surface area contributed by atoms with Gasteiger partial charge >= 0.3 is 0 Å². The summed E-state index contributed by atoms with van der Waals surface area (Å²) in [4.78, 5) is 0. The van der Waals surface area contributed by atoms with Crippen LogP contribution in [0.4, 0.5) is 5.69 Å². The number of phenolic OH excluding ortho intramolecular Hbond substituents is 2. The Balaban J connectivity index is 2.12. The molecule has 0 aliphatic rings. The summed E-state index contributed by atoms with van der Waals surface area (Å²) in [7, 11) is 1.65. The van der Waals surface area contributed by atoms with Crippen molar-refractivity contribution >= 4 is 5.69 Å². The van der Waals surface area contributed by atoms with E-state index in [-0.39, 0.29) is 11.5 Å². The van der Waals surface area contributed by atoms with Crippen LogP contribution in [0.5, 0.6) is 11.5 Å². The highest BCUT2D eigenvalue weighted by Gasteiger charge is 2.06. The Morgan fingerprint density at radius 2 is 1.74 bits per heavy atom. The van der Waals surface area contributed by atoms with Gasteiger partial charge in [-0.25, -0.2) is 0 Å². The average Bonchev–Trinajstić information content (AvgIpc) is 2.42. The van der Waals surface area contributed by atoms with Crippen LogP contribution in [-0.4, -0.2) is 17.3 Å². The van der Waals surface area contributed by atoms with Gasteiger partial charge in [-0.3, -0.25) is 0 Å². The monoisotopic (exact) mass is 259 g/mol. The van der Waals surface area contributed by atoms with Gasteiger partial charge in [-0.2, -0.15) is 0 Å². The Kier molecular flexibility index (Phi) is 4.26. The number of nitrogens with one attached hydrogen (secondary N) is 1. The maximum Gasteiger partial charge on any atom is 0.162 e. The molecule has 0 heterocycles. The smallest absolute Gasteiger partial charge is 0.162 e. The summed E-state index contributed by atoms with van der Waals surface area (Å²) in [5.74, 6) is -0.191. The second-order valence-electron chi connectivity index (χ2n) is 4.23. The van der Waals surface area contributed by atoms with Crippen molar-refractivity contribution in [1.82, 2.24) is 0 Å². The van der Waals surface area contributed by atoms with Crippen LogP contribution in [0.15, 0.2) is 42.5 Å².